The van der Waals surface area contributed by atoms with Crippen LogP contribution in [0.5, 0.6) is 11.5 Å². The number of thioether (sulfide) groups is 1. The smallest absolute Gasteiger partial charge is 0.220 e. The minimum Gasteiger partial charge on any atom is -0.493 e. The molecule has 0 fully saturated rings. The average molecular weight is 640 g/mol. The second-order valence-electron chi connectivity index (χ2n) is 8.92. The van der Waals surface area contributed by atoms with E-state index in [0.717, 1.165) is 22.0 Å². The molecule has 0 spiro atoms. The van der Waals surface area contributed by atoms with E-state index in [1.165, 1.54) is 11.8 Å². The quantitative estimate of drug-likeness (QED) is 0.0873. The summed E-state index contributed by atoms with van der Waals surface area (Å²) in [4.78, 5) is 11.4. The Hall–Kier alpha value is -3.60. The van der Waals surface area contributed by atoms with Gasteiger partial charge in [0.25, 0.3) is 0 Å². The molecule has 0 bridgehead atoms. The second kappa shape index (κ2) is 12.3. The summed E-state index contributed by atoms with van der Waals surface area (Å²) in [6.45, 7) is 1.82. The van der Waals surface area contributed by atoms with E-state index in [-0.39, 0.29) is 11.5 Å². The first kappa shape index (κ1) is 27.9. The molecule has 0 aliphatic carbocycles. The number of aryl methyl sites for hydroxylation is 1. The van der Waals surface area contributed by atoms with Crippen molar-refractivity contribution in [2.75, 3.05) is 13.7 Å². The summed E-state index contributed by atoms with van der Waals surface area (Å²) in [5.41, 5.74) is 2.53. The third kappa shape index (κ3) is 6.09. The molecular weight excluding hydrogens is 616 g/mol. The van der Waals surface area contributed by atoms with E-state index in [0.29, 0.717) is 44.1 Å². The number of benzene rings is 4. The molecule has 11 heteroatoms. The number of ether oxygens (including phenoxy) is 2. The number of nitro groups is 1. The zero-order valence-corrected chi connectivity index (χ0v) is 24.7. The summed E-state index contributed by atoms with van der Waals surface area (Å²) in [6, 6.07) is 25.1. The molecule has 0 radical (unpaired) electrons. The van der Waals surface area contributed by atoms with Crippen molar-refractivity contribution >= 4 is 50.1 Å². The van der Waals surface area contributed by atoms with Crippen LogP contribution in [0.4, 0.5) is 0 Å². The van der Waals surface area contributed by atoms with Crippen LogP contribution in [-0.4, -0.2) is 33.3 Å². The van der Waals surface area contributed by atoms with Gasteiger partial charge in [-0.15, -0.1) is 10.2 Å². The first-order chi connectivity index (χ1) is 19.3. The molecule has 40 heavy (non-hydrogen) atoms. The van der Waals surface area contributed by atoms with Crippen molar-refractivity contribution in [1.82, 2.24) is 14.8 Å². The van der Waals surface area contributed by atoms with E-state index in [1.54, 1.807) is 25.3 Å². The molecule has 0 saturated heterocycles. The van der Waals surface area contributed by atoms with E-state index in [2.05, 4.69) is 44.3 Å². The van der Waals surface area contributed by atoms with Gasteiger partial charge in [-0.25, -0.2) is 0 Å². The molecule has 204 valence electrons. The molecule has 0 N–H and O–H groups in total. The lowest BCUT2D eigenvalue weighted by molar-refractivity contribution is -0.479. The van der Waals surface area contributed by atoms with Crippen LogP contribution < -0.4 is 9.47 Å². The maximum Gasteiger partial charge on any atom is 0.220 e. The molecule has 5 rings (SSSR count). The summed E-state index contributed by atoms with van der Waals surface area (Å²) in [7, 11) is 1.55. The first-order valence-corrected chi connectivity index (χ1v) is 14.3. The van der Waals surface area contributed by atoms with Gasteiger partial charge in [0.2, 0.25) is 6.54 Å². The van der Waals surface area contributed by atoms with Gasteiger partial charge in [-0.05, 0) is 81.2 Å². The topological polar surface area (TPSA) is 92.3 Å². The summed E-state index contributed by atoms with van der Waals surface area (Å²) in [6.07, 6.45) is 0. The van der Waals surface area contributed by atoms with Gasteiger partial charge in [-0.1, -0.05) is 65.8 Å². The summed E-state index contributed by atoms with van der Waals surface area (Å²) in [5.74, 6) is 1.64. The van der Waals surface area contributed by atoms with Crippen LogP contribution in [0.3, 0.4) is 0 Å². The molecule has 1 aromatic heterocycles. The fraction of sp³-hybridized carbons (Fsp3) is 0.172. The first-order valence-electron chi connectivity index (χ1n) is 12.3. The Morgan fingerprint density at radius 1 is 1.07 bits per heavy atom. The SMILES string of the molecule is COc1cc([C@@H](C[N+](=O)[O-])Sc2nnc(C)n2-c2ccc(Cl)cc2)cc(Br)c1OCc1cccc2ccccc12. The highest BCUT2D eigenvalue weighted by molar-refractivity contribution is 9.10. The van der Waals surface area contributed by atoms with Crippen molar-refractivity contribution in [1.29, 1.82) is 0 Å². The Morgan fingerprint density at radius 3 is 2.58 bits per heavy atom. The highest BCUT2D eigenvalue weighted by Crippen LogP contribution is 2.43. The van der Waals surface area contributed by atoms with Crippen LogP contribution in [0.1, 0.15) is 22.2 Å². The molecule has 1 heterocycles. The van der Waals surface area contributed by atoms with Gasteiger partial charge in [0.1, 0.15) is 17.7 Å². The molecule has 4 aromatic carbocycles. The van der Waals surface area contributed by atoms with Crippen LogP contribution in [-0.2, 0) is 6.61 Å². The molecule has 5 aromatic rings. The number of aromatic nitrogens is 3. The Bertz CT molecular complexity index is 1670. The highest BCUT2D eigenvalue weighted by atomic mass is 79.9. The summed E-state index contributed by atoms with van der Waals surface area (Å²) in [5, 5.41) is 23.0. The monoisotopic (exact) mass is 638 g/mol. The normalized spacial score (nSPS) is 11.9. The van der Waals surface area contributed by atoms with Crippen molar-refractivity contribution in [2.45, 2.75) is 23.9 Å². The number of rotatable bonds is 10. The summed E-state index contributed by atoms with van der Waals surface area (Å²) < 4.78 is 14.4. The van der Waals surface area contributed by atoms with Gasteiger partial charge in [0.15, 0.2) is 16.7 Å². The number of fused-ring (bicyclic) bond motifs is 1. The lowest BCUT2D eigenvalue weighted by atomic mass is 10.1. The average Bonchev–Trinajstić information content (AvgIpc) is 3.31. The van der Waals surface area contributed by atoms with Crippen LogP contribution in [0.15, 0.2) is 88.5 Å². The number of halogens is 2. The van der Waals surface area contributed by atoms with Crippen molar-refractivity contribution in [3.8, 4) is 17.2 Å². The maximum atomic E-state index is 11.7. The predicted octanol–water partition coefficient (Wildman–Crippen LogP) is 7.84. The number of hydrogen-bond acceptors (Lipinski definition) is 7. The number of methoxy groups -OCH3 is 1. The number of nitrogens with zero attached hydrogens (tertiary/aromatic N) is 4. The van der Waals surface area contributed by atoms with Crippen molar-refractivity contribution in [3.05, 3.63) is 115 Å². The Kier molecular flexibility index (Phi) is 8.58. The zero-order valence-electron chi connectivity index (χ0n) is 21.6. The van der Waals surface area contributed by atoms with Gasteiger partial charge in [0.05, 0.1) is 11.6 Å². The summed E-state index contributed by atoms with van der Waals surface area (Å²) >= 11 is 10.9. The van der Waals surface area contributed by atoms with E-state index >= 15 is 0 Å². The molecular formula is C29H24BrClN4O4S. The molecule has 1 atom stereocenters. The van der Waals surface area contributed by atoms with Gasteiger partial charge < -0.3 is 9.47 Å². The minimum atomic E-state index is -0.582. The molecule has 0 unspecified atom stereocenters. The van der Waals surface area contributed by atoms with Crippen molar-refractivity contribution < 1.29 is 14.4 Å². The molecule has 0 amide bonds. The van der Waals surface area contributed by atoms with Gasteiger partial charge in [-0.3, -0.25) is 14.7 Å². The predicted molar refractivity (Wildman–Crippen MR) is 161 cm³/mol. The van der Waals surface area contributed by atoms with Crippen LogP contribution >= 0.6 is 39.3 Å². The van der Waals surface area contributed by atoms with E-state index < -0.39 is 5.25 Å². The van der Waals surface area contributed by atoms with Crippen molar-refractivity contribution in [2.24, 2.45) is 0 Å². The van der Waals surface area contributed by atoms with Crippen molar-refractivity contribution in [3.63, 3.8) is 0 Å². The fourth-order valence-corrected chi connectivity index (χ4v) is 6.27. The van der Waals surface area contributed by atoms with Gasteiger partial charge in [-0.2, -0.15) is 0 Å². The zero-order chi connectivity index (χ0) is 28.2. The lowest BCUT2D eigenvalue weighted by Gasteiger charge is -2.18. The lowest BCUT2D eigenvalue weighted by Crippen LogP contribution is -2.12. The van der Waals surface area contributed by atoms with E-state index in [9.17, 15) is 10.1 Å². The maximum absolute atomic E-state index is 11.7. The Labute approximate surface area is 248 Å². The standard InChI is InChI=1S/C29H24BrClN4O4S/c1-18-32-33-29(35(18)23-12-10-22(31)11-13-23)40-27(16-34(36)37)21-14-25(30)28(26(15-21)38-2)39-17-20-8-5-7-19-6-3-4-9-24(19)20/h3-15,27H,16-17H2,1-2H3/t27-/m1/s1. The van der Waals surface area contributed by atoms with Gasteiger partial charge in [0, 0.05) is 15.6 Å². The third-order valence-electron chi connectivity index (χ3n) is 6.32. The Balaban J connectivity index is 1.45. The van der Waals surface area contributed by atoms with E-state index in [1.807, 2.05) is 54.0 Å². The Morgan fingerprint density at radius 2 is 1.82 bits per heavy atom. The largest absolute Gasteiger partial charge is 0.493 e. The minimum absolute atomic E-state index is 0.326. The van der Waals surface area contributed by atoms with Crippen LogP contribution in [0.25, 0.3) is 16.5 Å². The molecule has 8 nitrogen and oxygen atoms in total. The number of hydrogen-bond donors (Lipinski definition) is 0. The van der Waals surface area contributed by atoms with Crippen LogP contribution in [0.2, 0.25) is 5.02 Å². The van der Waals surface area contributed by atoms with Crippen LogP contribution in [0, 0.1) is 17.0 Å². The molecule has 0 saturated carbocycles. The molecule has 0 aliphatic heterocycles. The van der Waals surface area contributed by atoms with Gasteiger partial charge >= 0.3 is 0 Å². The second-order valence-corrected chi connectivity index (χ2v) is 11.4. The highest BCUT2D eigenvalue weighted by Gasteiger charge is 2.26. The fourth-order valence-electron chi connectivity index (χ4n) is 4.41. The third-order valence-corrected chi connectivity index (χ3v) is 8.34. The molecule has 0 aliphatic rings. The van der Waals surface area contributed by atoms with E-state index in [4.69, 9.17) is 21.1 Å².